The molecular formula is C12H12N2O2S. The first-order valence-corrected chi connectivity index (χ1v) is 5.97. The number of rotatable bonds is 2. The van der Waals surface area contributed by atoms with Gasteiger partial charge in [-0.2, -0.15) is 0 Å². The minimum Gasteiger partial charge on any atom is -0.464 e. The predicted octanol–water partition coefficient (Wildman–Crippen LogP) is 3.58. The molecule has 4 nitrogen and oxygen atoms in total. The monoisotopic (exact) mass is 248 g/mol. The van der Waals surface area contributed by atoms with Gasteiger partial charge in [0.15, 0.2) is 5.13 Å². The van der Waals surface area contributed by atoms with Gasteiger partial charge in [-0.15, -0.1) is 11.3 Å². The van der Waals surface area contributed by atoms with Gasteiger partial charge >= 0.3 is 6.09 Å². The highest BCUT2D eigenvalue weighted by Crippen LogP contribution is 2.28. The summed E-state index contributed by atoms with van der Waals surface area (Å²) in [6.07, 6.45) is 0.573. The maximum absolute atomic E-state index is 11.3. The summed E-state index contributed by atoms with van der Waals surface area (Å²) in [6.45, 7) is 3.89. The van der Waals surface area contributed by atoms with Crippen LogP contribution in [0, 0.1) is 13.8 Å². The highest BCUT2D eigenvalue weighted by atomic mass is 32.1. The number of carbonyl (C=O) groups is 1. The zero-order valence-corrected chi connectivity index (χ0v) is 10.4. The van der Waals surface area contributed by atoms with Crippen molar-refractivity contribution in [3.63, 3.8) is 0 Å². The van der Waals surface area contributed by atoms with Gasteiger partial charge in [-0.25, -0.2) is 14.7 Å². The van der Waals surface area contributed by atoms with Crippen molar-refractivity contribution in [1.29, 1.82) is 0 Å². The number of benzene rings is 1. The summed E-state index contributed by atoms with van der Waals surface area (Å²) in [5, 5.41) is 11.5. The molecule has 1 aromatic heterocycles. The molecule has 88 valence electrons. The minimum absolute atomic E-state index is 0.461. The molecule has 17 heavy (non-hydrogen) atoms. The van der Waals surface area contributed by atoms with E-state index < -0.39 is 6.09 Å². The van der Waals surface area contributed by atoms with Gasteiger partial charge in [0.05, 0.1) is 5.69 Å². The Kier molecular flexibility index (Phi) is 3.10. The van der Waals surface area contributed by atoms with Gasteiger partial charge in [0, 0.05) is 11.6 Å². The molecule has 0 spiro atoms. The molecule has 0 aliphatic carbocycles. The van der Waals surface area contributed by atoms with Gasteiger partial charge in [0.2, 0.25) is 0 Å². The van der Waals surface area contributed by atoms with E-state index in [1.165, 1.54) is 16.2 Å². The molecule has 0 bridgehead atoms. The molecule has 0 aliphatic rings. The Labute approximate surface area is 103 Å². The number of carboxylic acid groups (broad SMARTS) is 1. The van der Waals surface area contributed by atoms with Crippen LogP contribution in [0.3, 0.4) is 0 Å². The van der Waals surface area contributed by atoms with Gasteiger partial charge < -0.3 is 5.11 Å². The van der Waals surface area contributed by atoms with E-state index in [0.29, 0.717) is 10.8 Å². The molecule has 0 unspecified atom stereocenters. The van der Waals surface area contributed by atoms with Gasteiger partial charge in [0.25, 0.3) is 0 Å². The van der Waals surface area contributed by atoms with Crippen LogP contribution in [0.25, 0.3) is 0 Å². The standard InChI is InChI=1S/C12H12N2O2S/c1-8-5-9(2)7-10(6-8)14(12(15)16)11-13-3-4-17-11/h3-7H,1-2H3,(H,15,16). The second kappa shape index (κ2) is 4.55. The summed E-state index contributed by atoms with van der Waals surface area (Å²) < 4.78 is 0. The molecule has 1 aromatic carbocycles. The van der Waals surface area contributed by atoms with E-state index in [-0.39, 0.29) is 0 Å². The van der Waals surface area contributed by atoms with Crippen molar-refractivity contribution >= 4 is 28.2 Å². The van der Waals surface area contributed by atoms with Gasteiger partial charge in [-0.3, -0.25) is 0 Å². The van der Waals surface area contributed by atoms with E-state index in [1.54, 1.807) is 11.6 Å². The average Bonchev–Trinajstić information content (AvgIpc) is 2.68. The summed E-state index contributed by atoms with van der Waals surface area (Å²) >= 11 is 1.30. The van der Waals surface area contributed by atoms with Crippen molar-refractivity contribution < 1.29 is 9.90 Å². The summed E-state index contributed by atoms with van der Waals surface area (Å²) in [5.74, 6) is 0. The largest absolute Gasteiger partial charge is 0.464 e. The number of hydrogen-bond donors (Lipinski definition) is 1. The summed E-state index contributed by atoms with van der Waals surface area (Å²) in [4.78, 5) is 16.5. The molecule has 0 atom stereocenters. The molecule has 5 heteroatoms. The van der Waals surface area contributed by atoms with E-state index in [4.69, 9.17) is 0 Å². The lowest BCUT2D eigenvalue weighted by Crippen LogP contribution is -2.23. The Bertz CT molecular complexity index is 517. The summed E-state index contributed by atoms with van der Waals surface area (Å²) in [5.41, 5.74) is 2.69. The first-order chi connectivity index (χ1) is 8.08. The Morgan fingerprint density at radius 1 is 1.29 bits per heavy atom. The van der Waals surface area contributed by atoms with Crippen LogP contribution in [-0.2, 0) is 0 Å². The molecule has 1 heterocycles. The van der Waals surface area contributed by atoms with Crippen LogP contribution in [0.2, 0.25) is 0 Å². The Balaban J connectivity index is 2.50. The third kappa shape index (κ3) is 2.45. The van der Waals surface area contributed by atoms with E-state index in [2.05, 4.69) is 4.98 Å². The molecule has 2 aromatic rings. The fraction of sp³-hybridized carbons (Fsp3) is 0.167. The quantitative estimate of drug-likeness (QED) is 0.883. The molecule has 0 saturated heterocycles. The van der Waals surface area contributed by atoms with Crippen molar-refractivity contribution in [2.45, 2.75) is 13.8 Å². The maximum atomic E-state index is 11.3. The van der Waals surface area contributed by atoms with Gasteiger partial charge in [-0.1, -0.05) is 6.07 Å². The Morgan fingerprint density at radius 2 is 1.94 bits per heavy atom. The van der Waals surface area contributed by atoms with Crippen molar-refractivity contribution in [1.82, 2.24) is 4.98 Å². The number of aromatic nitrogens is 1. The van der Waals surface area contributed by atoms with E-state index >= 15 is 0 Å². The Hall–Kier alpha value is -1.88. The van der Waals surface area contributed by atoms with Crippen molar-refractivity contribution in [3.05, 3.63) is 40.9 Å². The Morgan fingerprint density at radius 3 is 2.41 bits per heavy atom. The van der Waals surface area contributed by atoms with Crippen LogP contribution in [0.4, 0.5) is 15.6 Å². The number of nitrogens with zero attached hydrogens (tertiary/aromatic N) is 2. The molecular weight excluding hydrogens is 236 g/mol. The van der Waals surface area contributed by atoms with Gasteiger partial charge in [-0.05, 0) is 37.1 Å². The van der Waals surface area contributed by atoms with Crippen molar-refractivity contribution in [2.24, 2.45) is 0 Å². The fourth-order valence-corrected chi connectivity index (χ4v) is 2.36. The number of amides is 1. The third-order valence-electron chi connectivity index (χ3n) is 2.27. The first-order valence-electron chi connectivity index (χ1n) is 5.09. The number of anilines is 2. The zero-order valence-electron chi connectivity index (χ0n) is 9.54. The zero-order chi connectivity index (χ0) is 12.4. The smallest absolute Gasteiger partial charge is 0.418 e. The van der Waals surface area contributed by atoms with Gasteiger partial charge in [0.1, 0.15) is 0 Å². The van der Waals surface area contributed by atoms with E-state index in [1.807, 2.05) is 32.0 Å². The second-order valence-electron chi connectivity index (χ2n) is 3.78. The lowest BCUT2D eigenvalue weighted by atomic mass is 10.1. The highest BCUT2D eigenvalue weighted by Gasteiger charge is 2.19. The topological polar surface area (TPSA) is 53.4 Å². The molecule has 1 amide bonds. The number of aryl methyl sites for hydroxylation is 2. The lowest BCUT2D eigenvalue weighted by molar-refractivity contribution is 0.205. The molecule has 2 rings (SSSR count). The fourth-order valence-electron chi connectivity index (χ4n) is 1.71. The van der Waals surface area contributed by atoms with Crippen LogP contribution < -0.4 is 4.90 Å². The molecule has 0 saturated carbocycles. The number of hydrogen-bond acceptors (Lipinski definition) is 3. The average molecular weight is 248 g/mol. The van der Waals surface area contributed by atoms with E-state index in [0.717, 1.165) is 11.1 Å². The van der Waals surface area contributed by atoms with Crippen molar-refractivity contribution in [2.75, 3.05) is 4.90 Å². The predicted molar refractivity (Wildman–Crippen MR) is 68.2 cm³/mol. The molecule has 0 fully saturated rings. The lowest BCUT2D eigenvalue weighted by Gasteiger charge is -2.17. The summed E-state index contributed by atoms with van der Waals surface area (Å²) in [6, 6.07) is 5.68. The van der Waals surface area contributed by atoms with Crippen LogP contribution in [0.15, 0.2) is 29.8 Å². The molecule has 1 N–H and O–H groups in total. The van der Waals surface area contributed by atoms with E-state index in [9.17, 15) is 9.90 Å². The minimum atomic E-state index is -1.02. The SMILES string of the molecule is Cc1cc(C)cc(N(C(=O)O)c2nccs2)c1. The summed E-state index contributed by atoms with van der Waals surface area (Å²) in [7, 11) is 0. The second-order valence-corrected chi connectivity index (χ2v) is 4.65. The molecule has 0 radical (unpaired) electrons. The normalized spacial score (nSPS) is 10.2. The molecule has 0 aliphatic heterocycles. The third-order valence-corrected chi connectivity index (χ3v) is 3.02. The maximum Gasteiger partial charge on any atom is 0.418 e. The van der Waals surface area contributed by atoms with Crippen LogP contribution in [-0.4, -0.2) is 16.2 Å². The number of thiazole rings is 1. The first kappa shape index (κ1) is 11.6. The van der Waals surface area contributed by atoms with Crippen LogP contribution in [0.1, 0.15) is 11.1 Å². The van der Waals surface area contributed by atoms with Crippen molar-refractivity contribution in [3.8, 4) is 0 Å². The van der Waals surface area contributed by atoms with Crippen LogP contribution >= 0.6 is 11.3 Å². The highest BCUT2D eigenvalue weighted by molar-refractivity contribution is 7.13. The van der Waals surface area contributed by atoms with Crippen LogP contribution in [0.5, 0.6) is 0 Å².